The van der Waals surface area contributed by atoms with Gasteiger partial charge in [-0.3, -0.25) is 9.59 Å². The van der Waals surface area contributed by atoms with E-state index in [-0.39, 0.29) is 16.5 Å². The molecule has 1 aliphatic rings. The number of nitrogens with two attached hydrogens (primary N) is 1. The minimum Gasteiger partial charge on any atom is -0.481 e. The molecule has 10 heteroatoms. The number of halogens is 3. The Morgan fingerprint density at radius 1 is 1.22 bits per heavy atom. The van der Waals surface area contributed by atoms with Gasteiger partial charge in [0.1, 0.15) is 5.52 Å². The number of aromatic nitrogens is 2. The maximum atomic E-state index is 13.3. The summed E-state index contributed by atoms with van der Waals surface area (Å²) in [7, 11) is 0. The molecular formula is C22H21F3N4O3. The summed E-state index contributed by atoms with van der Waals surface area (Å²) in [6.07, 6.45) is -1.39. The average Bonchev–Trinajstić information content (AvgIpc) is 3.16. The molecule has 1 aromatic heterocycles. The van der Waals surface area contributed by atoms with Crippen LogP contribution in [0.1, 0.15) is 46.2 Å². The fraction of sp³-hybridized carbons (Fsp3) is 0.318. The highest BCUT2D eigenvalue weighted by Crippen LogP contribution is 2.37. The Balaban J connectivity index is 1.75. The Morgan fingerprint density at radius 3 is 2.50 bits per heavy atom. The van der Waals surface area contributed by atoms with Crippen LogP contribution in [-0.2, 0) is 4.79 Å². The molecule has 2 atom stereocenters. The number of piperidine rings is 1. The van der Waals surface area contributed by atoms with Crippen molar-refractivity contribution in [3.05, 3.63) is 59.3 Å². The Morgan fingerprint density at radius 2 is 1.94 bits per heavy atom. The number of amides is 1. The topological polar surface area (TPSA) is 110 Å². The minimum absolute atomic E-state index is 0.105. The van der Waals surface area contributed by atoms with Gasteiger partial charge in [-0.2, -0.15) is 18.3 Å². The lowest BCUT2D eigenvalue weighted by Gasteiger charge is -2.23. The standard InChI is InChI=1S/C22H21F3N4O3/c23-22(24,25)18(21(31)32)14-8-15-11-29(28-19(15)17(9-14)20(26)30)16-5-3-12(4-6-16)13-2-1-7-27-10-13/h3-6,8-9,11,13,18,27H,1-2,7,10H2,(H2,26,30)(H,31,32). The first-order valence-electron chi connectivity index (χ1n) is 10.1. The van der Waals surface area contributed by atoms with E-state index in [1.165, 1.54) is 16.4 Å². The number of carboxylic acids is 1. The van der Waals surface area contributed by atoms with E-state index < -0.39 is 29.5 Å². The van der Waals surface area contributed by atoms with E-state index in [1.807, 2.05) is 24.3 Å². The molecule has 0 bridgehead atoms. The van der Waals surface area contributed by atoms with Crippen molar-refractivity contribution >= 4 is 22.8 Å². The maximum absolute atomic E-state index is 13.3. The third-order valence-corrected chi connectivity index (χ3v) is 5.73. The molecule has 7 nitrogen and oxygen atoms in total. The number of carboxylic acid groups (broad SMARTS) is 1. The molecule has 32 heavy (non-hydrogen) atoms. The van der Waals surface area contributed by atoms with Crippen molar-refractivity contribution in [1.82, 2.24) is 15.1 Å². The zero-order valence-electron chi connectivity index (χ0n) is 16.9. The fourth-order valence-electron chi connectivity index (χ4n) is 4.15. The zero-order valence-corrected chi connectivity index (χ0v) is 16.9. The van der Waals surface area contributed by atoms with Crippen molar-refractivity contribution in [3.63, 3.8) is 0 Å². The second-order valence-corrected chi connectivity index (χ2v) is 7.89. The van der Waals surface area contributed by atoms with Gasteiger partial charge in [-0.25, -0.2) is 4.68 Å². The van der Waals surface area contributed by atoms with Gasteiger partial charge in [0, 0.05) is 18.1 Å². The van der Waals surface area contributed by atoms with Crippen LogP contribution in [0.3, 0.4) is 0 Å². The van der Waals surface area contributed by atoms with Gasteiger partial charge >= 0.3 is 12.1 Å². The molecule has 0 aliphatic carbocycles. The summed E-state index contributed by atoms with van der Waals surface area (Å²) < 4.78 is 41.4. The summed E-state index contributed by atoms with van der Waals surface area (Å²) >= 11 is 0. The predicted molar refractivity (Wildman–Crippen MR) is 111 cm³/mol. The molecule has 1 aliphatic heterocycles. The van der Waals surface area contributed by atoms with Crippen molar-refractivity contribution in [1.29, 1.82) is 0 Å². The van der Waals surface area contributed by atoms with Crippen molar-refractivity contribution in [3.8, 4) is 5.69 Å². The van der Waals surface area contributed by atoms with Gasteiger partial charge in [-0.15, -0.1) is 0 Å². The Hall–Kier alpha value is -3.40. The van der Waals surface area contributed by atoms with E-state index >= 15 is 0 Å². The molecule has 2 heterocycles. The molecule has 168 valence electrons. The molecule has 2 aromatic carbocycles. The van der Waals surface area contributed by atoms with Crippen LogP contribution >= 0.6 is 0 Å². The number of alkyl halides is 3. The van der Waals surface area contributed by atoms with Crippen LogP contribution in [-0.4, -0.2) is 46.0 Å². The number of carbonyl (C=O) groups excluding carboxylic acids is 1. The van der Waals surface area contributed by atoms with Crippen molar-refractivity contribution in [2.75, 3.05) is 13.1 Å². The summed E-state index contributed by atoms with van der Waals surface area (Å²) in [4.78, 5) is 23.2. The predicted octanol–water partition coefficient (Wildman–Crippen LogP) is 3.32. The molecule has 0 radical (unpaired) electrons. The third kappa shape index (κ3) is 4.18. The largest absolute Gasteiger partial charge is 0.481 e. The molecule has 0 saturated carbocycles. The number of nitrogens with one attached hydrogen (secondary N) is 1. The van der Waals surface area contributed by atoms with Gasteiger partial charge in [0.2, 0.25) is 0 Å². The average molecular weight is 446 g/mol. The van der Waals surface area contributed by atoms with Gasteiger partial charge in [0.15, 0.2) is 5.92 Å². The highest BCUT2D eigenvalue weighted by atomic mass is 19.4. The number of carbonyl (C=O) groups is 2. The van der Waals surface area contributed by atoms with E-state index in [9.17, 15) is 22.8 Å². The number of primary amides is 1. The van der Waals surface area contributed by atoms with Crippen LogP contribution < -0.4 is 11.1 Å². The second kappa shape index (κ2) is 8.27. The van der Waals surface area contributed by atoms with Crippen LogP contribution in [0, 0.1) is 0 Å². The molecule has 4 rings (SSSR count). The minimum atomic E-state index is -5.03. The number of hydrogen-bond acceptors (Lipinski definition) is 4. The molecule has 0 spiro atoms. The smallest absolute Gasteiger partial charge is 0.406 e. The SMILES string of the molecule is NC(=O)c1cc(C(C(=O)O)C(F)(F)F)cc2cn(-c3ccc(C4CCCNC4)cc3)nc12. The molecule has 3 aromatic rings. The van der Waals surface area contributed by atoms with E-state index in [0.29, 0.717) is 11.6 Å². The molecule has 4 N–H and O–H groups in total. The monoisotopic (exact) mass is 446 g/mol. The van der Waals surface area contributed by atoms with Gasteiger partial charge in [-0.1, -0.05) is 12.1 Å². The highest BCUT2D eigenvalue weighted by Gasteiger charge is 2.46. The number of nitrogens with zero attached hydrogens (tertiary/aromatic N) is 2. The summed E-state index contributed by atoms with van der Waals surface area (Å²) in [6.45, 7) is 1.91. The van der Waals surface area contributed by atoms with Crippen LogP contribution in [0.4, 0.5) is 13.2 Å². The molecule has 2 unspecified atom stereocenters. The van der Waals surface area contributed by atoms with Gasteiger partial charge in [-0.05, 0) is 60.7 Å². The highest BCUT2D eigenvalue weighted by molar-refractivity contribution is 6.05. The number of aliphatic carboxylic acids is 1. The van der Waals surface area contributed by atoms with Gasteiger partial charge in [0.25, 0.3) is 5.91 Å². The number of benzene rings is 2. The normalized spacial score (nSPS) is 17.9. The summed E-state index contributed by atoms with van der Waals surface area (Å²) in [6, 6.07) is 9.58. The van der Waals surface area contributed by atoms with E-state index in [4.69, 9.17) is 10.8 Å². The third-order valence-electron chi connectivity index (χ3n) is 5.73. The first-order chi connectivity index (χ1) is 15.1. The number of rotatable bonds is 5. The van der Waals surface area contributed by atoms with Gasteiger partial charge < -0.3 is 16.2 Å². The first kappa shape index (κ1) is 21.8. The van der Waals surface area contributed by atoms with Crippen LogP contribution in [0.2, 0.25) is 0 Å². The quantitative estimate of drug-likeness (QED) is 0.557. The number of hydrogen-bond donors (Lipinski definition) is 3. The maximum Gasteiger partial charge on any atom is 0.406 e. The fourth-order valence-corrected chi connectivity index (χ4v) is 4.15. The summed E-state index contributed by atoms with van der Waals surface area (Å²) in [5, 5.41) is 17.0. The van der Waals surface area contributed by atoms with Crippen LogP contribution in [0.15, 0.2) is 42.6 Å². The van der Waals surface area contributed by atoms with Crippen molar-refractivity contribution in [2.24, 2.45) is 5.73 Å². The van der Waals surface area contributed by atoms with Crippen molar-refractivity contribution < 1.29 is 27.9 Å². The molecule has 1 saturated heterocycles. The van der Waals surface area contributed by atoms with Crippen LogP contribution in [0.25, 0.3) is 16.6 Å². The van der Waals surface area contributed by atoms with Gasteiger partial charge in [0.05, 0.1) is 11.3 Å². The number of fused-ring (bicyclic) bond motifs is 1. The summed E-state index contributed by atoms with van der Waals surface area (Å²) in [5.74, 6) is -5.42. The van der Waals surface area contributed by atoms with E-state index in [2.05, 4.69) is 10.4 Å². The lowest BCUT2D eigenvalue weighted by molar-refractivity contribution is -0.176. The lowest BCUT2D eigenvalue weighted by atomic mass is 9.92. The molecule has 1 amide bonds. The zero-order chi connectivity index (χ0) is 23.0. The van der Waals surface area contributed by atoms with E-state index in [1.54, 1.807) is 0 Å². The summed E-state index contributed by atoms with van der Waals surface area (Å²) in [5.41, 5.74) is 6.44. The molecular weight excluding hydrogens is 425 g/mol. The first-order valence-corrected chi connectivity index (χ1v) is 10.1. The lowest BCUT2D eigenvalue weighted by Crippen LogP contribution is -2.28. The molecule has 1 fully saturated rings. The van der Waals surface area contributed by atoms with Crippen LogP contribution in [0.5, 0.6) is 0 Å². The van der Waals surface area contributed by atoms with E-state index in [0.717, 1.165) is 38.1 Å². The Labute approximate surface area is 181 Å². The Kier molecular flexibility index (Phi) is 5.64. The second-order valence-electron chi connectivity index (χ2n) is 7.89. The Bertz CT molecular complexity index is 1170. The van der Waals surface area contributed by atoms with Crippen molar-refractivity contribution in [2.45, 2.75) is 30.9 Å².